The Morgan fingerprint density at radius 3 is 2.22 bits per heavy atom. The van der Waals surface area contributed by atoms with Crippen molar-refractivity contribution >= 4 is 15.6 Å². The van der Waals surface area contributed by atoms with Crippen LogP contribution in [0.3, 0.4) is 0 Å². The van der Waals surface area contributed by atoms with Crippen LogP contribution in [-0.2, 0) is 0 Å². The maximum atomic E-state index is 2.69. The van der Waals surface area contributed by atoms with Crippen molar-refractivity contribution in [2.45, 2.75) is 32.4 Å². The van der Waals surface area contributed by atoms with Gasteiger partial charge in [-0.25, -0.2) is 0 Å². The Balaban J connectivity index is 2.42. The van der Waals surface area contributed by atoms with Gasteiger partial charge in [-0.1, -0.05) is 26.0 Å². The van der Waals surface area contributed by atoms with E-state index in [1.54, 1.807) is 0 Å². The van der Waals surface area contributed by atoms with E-state index in [0.29, 0.717) is 0 Å². The number of hydrogen-bond acceptors (Lipinski definition) is 1. The van der Waals surface area contributed by atoms with Gasteiger partial charge in [0, 0.05) is 0 Å². The summed E-state index contributed by atoms with van der Waals surface area (Å²) in [5, 5.41) is 0. The molecular formula is C6H16BNSi. The van der Waals surface area contributed by atoms with Gasteiger partial charge in [-0.2, -0.15) is 0 Å². The first-order chi connectivity index (χ1) is 4.11. The third kappa shape index (κ3) is 1.83. The molecule has 0 unspecified atom stereocenters. The van der Waals surface area contributed by atoms with Crippen molar-refractivity contribution in [1.82, 2.24) is 4.48 Å². The van der Waals surface area contributed by atoms with Crippen molar-refractivity contribution in [3.8, 4) is 0 Å². The minimum absolute atomic E-state index is 0.891. The molecule has 1 aliphatic rings. The molecule has 0 spiro atoms. The highest BCUT2D eigenvalue weighted by molar-refractivity contribution is 6.79. The summed E-state index contributed by atoms with van der Waals surface area (Å²) in [4.78, 5) is 0. The van der Waals surface area contributed by atoms with Gasteiger partial charge in [-0.3, -0.25) is 0 Å². The highest BCUT2D eigenvalue weighted by Crippen LogP contribution is 2.15. The average molecular weight is 141 g/mol. The molecule has 3 heteroatoms. The minimum Gasteiger partial charge on any atom is -0.368 e. The normalized spacial score (nSPS) is 22.1. The second-order valence-corrected chi connectivity index (χ2v) is 8.84. The lowest BCUT2D eigenvalue weighted by atomic mass is 9.93. The first-order valence-corrected chi connectivity index (χ1v) is 7.30. The monoisotopic (exact) mass is 141 g/mol. The highest BCUT2D eigenvalue weighted by atomic mass is 28.3. The van der Waals surface area contributed by atoms with E-state index in [4.69, 9.17) is 0 Å². The second kappa shape index (κ2) is 2.47. The van der Waals surface area contributed by atoms with Crippen molar-refractivity contribution in [2.24, 2.45) is 0 Å². The van der Waals surface area contributed by atoms with Crippen LogP contribution in [0.4, 0.5) is 0 Å². The predicted octanol–water partition coefficient (Wildman–Crippen LogP) is 1.30. The van der Waals surface area contributed by atoms with E-state index in [1.807, 2.05) is 0 Å². The molecular weight excluding hydrogens is 125 g/mol. The van der Waals surface area contributed by atoms with Crippen LogP contribution in [0.25, 0.3) is 0 Å². The third-order valence-electron chi connectivity index (χ3n) is 2.05. The first kappa shape index (κ1) is 7.35. The standard InChI is InChI=1S/C6H16BNSi/c1-9(2,3)8-6-4-5-7-8/h7H,4-6H2,1-3H3. The Bertz CT molecular complexity index is 93.7. The largest absolute Gasteiger partial charge is 0.368 e. The van der Waals surface area contributed by atoms with Gasteiger partial charge >= 0.3 is 0 Å². The van der Waals surface area contributed by atoms with Gasteiger partial charge in [0.05, 0.1) is 0 Å². The summed E-state index contributed by atoms with van der Waals surface area (Å²) in [6.45, 7) is 8.66. The fourth-order valence-corrected chi connectivity index (χ4v) is 3.05. The van der Waals surface area contributed by atoms with Crippen molar-refractivity contribution in [1.29, 1.82) is 0 Å². The van der Waals surface area contributed by atoms with Crippen molar-refractivity contribution < 1.29 is 0 Å². The second-order valence-electron chi connectivity index (χ2n) is 3.86. The number of nitrogens with zero attached hydrogens (tertiary/aromatic N) is 1. The zero-order valence-corrected chi connectivity index (χ0v) is 7.78. The first-order valence-electron chi connectivity index (χ1n) is 3.86. The smallest absolute Gasteiger partial charge is 0.197 e. The van der Waals surface area contributed by atoms with E-state index in [2.05, 4.69) is 24.1 Å². The molecule has 1 rings (SSSR count). The number of hydrogen-bond donors (Lipinski definition) is 0. The van der Waals surface area contributed by atoms with Gasteiger partial charge in [0.25, 0.3) is 0 Å². The summed E-state index contributed by atoms with van der Waals surface area (Å²) in [7, 11) is 0.480. The van der Waals surface area contributed by atoms with E-state index in [1.165, 1.54) is 26.7 Å². The molecule has 1 saturated heterocycles. The molecule has 0 aromatic rings. The molecule has 1 nitrogen and oxygen atoms in total. The molecule has 9 heavy (non-hydrogen) atoms. The van der Waals surface area contributed by atoms with Crippen molar-refractivity contribution in [3.05, 3.63) is 0 Å². The molecule has 0 saturated carbocycles. The quantitative estimate of drug-likeness (QED) is 0.497. The summed E-state index contributed by atoms with van der Waals surface area (Å²) in [5.74, 6) is 0. The van der Waals surface area contributed by atoms with Crippen LogP contribution in [0.1, 0.15) is 6.42 Å². The van der Waals surface area contributed by atoms with Crippen LogP contribution in [0.15, 0.2) is 0 Å². The predicted molar refractivity (Wildman–Crippen MR) is 46.6 cm³/mol. The van der Waals surface area contributed by atoms with Crippen LogP contribution < -0.4 is 0 Å². The Morgan fingerprint density at radius 1 is 1.33 bits per heavy atom. The fourth-order valence-electron chi connectivity index (χ4n) is 1.39. The van der Waals surface area contributed by atoms with Crippen molar-refractivity contribution in [3.63, 3.8) is 0 Å². The van der Waals surface area contributed by atoms with E-state index < -0.39 is 8.24 Å². The molecule has 0 radical (unpaired) electrons. The summed E-state index contributed by atoms with van der Waals surface area (Å²) in [6.07, 6.45) is 2.87. The Hall–Kier alpha value is 0.242. The van der Waals surface area contributed by atoms with Crippen LogP contribution in [-0.4, -0.2) is 26.7 Å². The molecule has 0 aromatic carbocycles. The zero-order valence-electron chi connectivity index (χ0n) is 6.78. The van der Waals surface area contributed by atoms with E-state index in [9.17, 15) is 0 Å². The molecule has 1 aliphatic heterocycles. The van der Waals surface area contributed by atoms with Gasteiger partial charge < -0.3 is 4.48 Å². The Kier molecular flexibility index (Phi) is 2.01. The van der Waals surface area contributed by atoms with E-state index >= 15 is 0 Å². The topological polar surface area (TPSA) is 3.24 Å². The molecule has 0 aromatic heterocycles. The molecule has 1 fully saturated rings. The molecule has 0 bridgehead atoms. The van der Waals surface area contributed by atoms with Crippen LogP contribution in [0, 0.1) is 0 Å². The van der Waals surface area contributed by atoms with Crippen LogP contribution in [0.5, 0.6) is 0 Å². The maximum Gasteiger partial charge on any atom is 0.197 e. The van der Waals surface area contributed by atoms with Crippen LogP contribution >= 0.6 is 0 Å². The van der Waals surface area contributed by atoms with Gasteiger partial charge in [0.2, 0.25) is 0 Å². The van der Waals surface area contributed by atoms with Crippen LogP contribution in [0.2, 0.25) is 26.0 Å². The summed E-state index contributed by atoms with van der Waals surface area (Å²) in [5.41, 5.74) is 0. The van der Waals surface area contributed by atoms with Gasteiger partial charge in [-0.15, -0.1) is 0 Å². The van der Waals surface area contributed by atoms with Gasteiger partial charge in [-0.05, 0) is 13.0 Å². The van der Waals surface area contributed by atoms with E-state index in [0.717, 1.165) is 0 Å². The molecule has 0 atom stereocenters. The summed E-state index contributed by atoms with van der Waals surface area (Å²) >= 11 is 0. The Labute approximate surface area is 59.8 Å². The van der Waals surface area contributed by atoms with Gasteiger partial charge in [0.15, 0.2) is 7.41 Å². The summed E-state index contributed by atoms with van der Waals surface area (Å²) < 4.78 is 2.69. The highest BCUT2D eigenvalue weighted by Gasteiger charge is 2.26. The average Bonchev–Trinajstić information content (AvgIpc) is 2.08. The molecule has 0 amide bonds. The maximum absolute atomic E-state index is 2.69. The SMILES string of the molecule is C[Si](C)(C)N1BCCC1. The Morgan fingerprint density at radius 2 is 2.00 bits per heavy atom. The molecule has 0 N–H and O–H groups in total. The fraction of sp³-hybridized carbons (Fsp3) is 1.00. The minimum atomic E-state index is -0.891. The molecule has 1 heterocycles. The molecule has 52 valence electrons. The lowest BCUT2D eigenvalue weighted by molar-refractivity contribution is 0.682. The van der Waals surface area contributed by atoms with E-state index in [-0.39, 0.29) is 0 Å². The van der Waals surface area contributed by atoms with Crippen molar-refractivity contribution in [2.75, 3.05) is 6.54 Å². The lowest BCUT2D eigenvalue weighted by Gasteiger charge is -2.29. The third-order valence-corrected chi connectivity index (χ3v) is 4.40. The zero-order chi connectivity index (χ0) is 6.91. The molecule has 0 aliphatic carbocycles. The lowest BCUT2D eigenvalue weighted by Crippen LogP contribution is -2.45. The summed E-state index contributed by atoms with van der Waals surface area (Å²) in [6, 6.07) is 0. The number of rotatable bonds is 1. The van der Waals surface area contributed by atoms with Gasteiger partial charge in [0.1, 0.15) is 8.24 Å².